The Morgan fingerprint density at radius 3 is 2.90 bits per heavy atom. The maximum absolute atomic E-state index is 11.5. The lowest BCUT2D eigenvalue weighted by atomic mass is 10.1. The molecule has 0 saturated heterocycles. The first-order chi connectivity index (χ1) is 10.3. The number of aromatic nitrogens is 1. The number of thiazole rings is 1. The Morgan fingerprint density at radius 2 is 2.14 bits per heavy atom. The van der Waals surface area contributed by atoms with Gasteiger partial charge < -0.3 is 10.1 Å². The lowest BCUT2D eigenvalue weighted by Crippen LogP contribution is -2.15. The molecule has 0 aliphatic rings. The van der Waals surface area contributed by atoms with Crippen molar-refractivity contribution in [1.82, 2.24) is 10.3 Å². The number of hydrogen-bond acceptors (Lipinski definition) is 5. The van der Waals surface area contributed by atoms with Crippen LogP contribution < -0.4 is 5.32 Å². The van der Waals surface area contributed by atoms with Gasteiger partial charge in [-0.1, -0.05) is 30.3 Å². The highest BCUT2D eigenvalue weighted by Gasteiger charge is 2.11. The fourth-order valence-corrected chi connectivity index (χ4v) is 2.66. The van der Waals surface area contributed by atoms with Crippen LogP contribution in [0.4, 0.5) is 0 Å². The summed E-state index contributed by atoms with van der Waals surface area (Å²) in [5.74, 6) is -0.335. The van der Waals surface area contributed by atoms with E-state index in [9.17, 15) is 4.79 Å². The zero-order chi connectivity index (χ0) is 14.9. The largest absolute Gasteiger partial charge is 0.461 e. The van der Waals surface area contributed by atoms with E-state index in [1.165, 1.54) is 16.9 Å². The van der Waals surface area contributed by atoms with Gasteiger partial charge in [-0.25, -0.2) is 9.78 Å². The van der Waals surface area contributed by atoms with Crippen LogP contribution in [-0.2, 0) is 17.7 Å². The quantitative estimate of drug-likeness (QED) is 0.601. The van der Waals surface area contributed by atoms with Crippen molar-refractivity contribution in [3.8, 4) is 0 Å². The molecule has 0 unspecified atom stereocenters. The topological polar surface area (TPSA) is 51.2 Å². The molecular weight excluding hydrogens is 284 g/mol. The molecule has 1 heterocycles. The lowest BCUT2D eigenvalue weighted by Gasteiger charge is -2.03. The van der Waals surface area contributed by atoms with Gasteiger partial charge in [0, 0.05) is 11.9 Å². The van der Waals surface area contributed by atoms with Crippen LogP contribution in [0.1, 0.15) is 34.4 Å². The first-order valence-electron chi connectivity index (χ1n) is 7.15. The van der Waals surface area contributed by atoms with E-state index in [2.05, 4.69) is 34.6 Å². The number of rotatable bonds is 8. The van der Waals surface area contributed by atoms with Crippen molar-refractivity contribution in [3.63, 3.8) is 0 Å². The summed E-state index contributed by atoms with van der Waals surface area (Å²) < 4.78 is 4.92. The van der Waals surface area contributed by atoms with E-state index in [-0.39, 0.29) is 5.97 Å². The maximum Gasteiger partial charge on any atom is 0.367 e. The van der Waals surface area contributed by atoms with Crippen molar-refractivity contribution in [2.24, 2.45) is 0 Å². The predicted octanol–water partition coefficient (Wildman–Crippen LogP) is 3.04. The zero-order valence-electron chi connectivity index (χ0n) is 12.2. The third-order valence-electron chi connectivity index (χ3n) is 2.97. The highest BCUT2D eigenvalue weighted by molar-refractivity contribution is 7.11. The molecule has 0 radical (unpaired) electrons. The number of benzene rings is 1. The van der Waals surface area contributed by atoms with Crippen LogP contribution in [-0.4, -0.2) is 24.1 Å². The number of hydrogen-bond donors (Lipinski definition) is 1. The summed E-state index contributed by atoms with van der Waals surface area (Å²) in [6.45, 7) is 3.79. The fraction of sp³-hybridized carbons (Fsp3) is 0.375. The molecule has 2 aromatic rings. The van der Waals surface area contributed by atoms with Crippen molar-refractivity contribution in [2.45, 2.75) is 26.3 Å². The van der Waals surface area contributed by atoms with Gasteiger partial charge >= 0.3 is 5.97 Å². The second-order valence-electron chi connectivity index (χ2n) is 4.63. The molecule has 2 rings (SSSR count). The number of carbonyl (C=O) groups is 1. The maximum atomic E-state index is 11.5. The molecule has 0 amide bonds. The number of nitrogens with one attached hydrogen (secondary N) is 1. The second-order valence-corrected chi connectivity index (χ2v) is 5.49. The van der Waals surface area contributed by atoms with E-state index in [4.69, 9.17) is 4.74 Å². The van der Waals surface area contributed by atoms with Crippen molar-refractivity contribution in [3.05, 3.63) is 52.0 Å². The molecule has 0 saturated carbocycles. The van der Waals surface area contributed by atoms with Gasteiger partial charge in [-0.2, -0.15) is 0 Å². The highest BCUT2D eigenvalue weighted by atomic mass is 32.1. The average molecular weight is 304 g/mol. The summed E-state index contributed by atoms with van der Waals surface area (Å²) in [4.78, 5) is 15.8. The van der Waals surface area contributed by atoms with Gasteiger partial charge in [0.25, 0.3) is 0 Å². The summed E-state index contributed by atoms with van der Waals surface area (Å²) >= 11 is 1.33. The van der Waals surface area contributed by atoms with E-state index in [1.807, 2.05) is 11.4 Å². The Labute approximate surface area is 129 Å². The normalized spacial score (nSPS) is 10.5. The summed E-state index contributed by atoms with van der Waals surface area (Å²) in [7, 11) is 0. The molecule has 0 fully saturated rings. The molecule has 0 bridgehead atoms. The fourth-order valence-electron chi connectivity index (χ4n) is 1.95. The van der Waals surface area contributed by atoms with Crippen LogP contribution in [0.5, 0.6) is 0 Å². The van der Waals surface area contributed by atoms with E-state index in [1.54, 1.807) is 6.92 Å². The van der Waals surface area contributed by atoms with Crippen LogP contribution in [0, 0.1) is 0 Å². The van der Waals surface area contributed by atoms with Crippen molar-refractivity contribution < 1.29 is 9.53 Å². The van der Waals surface area contributed by atoms with Gasteiger partial charge in [0.15, 0.2) is 0 Å². The lowest BCUT2D eigenvalue weighted by molar-refractivity contribution is 0.0525. The smallest absolute Gasteiger partial charge is 0.367 e. The molecule has 0 aliphatic carbocycles. The standard InChI is InChI=1S/C16H20N2O2S/c1-2-20-16(19)15-18-14(12-21-15)11-17-10-6-9-13-7-4-3-5-8-13/h3-5,7-8,12,17H,2,6,9-11H2,1H3. The monoisotopic (exact) mass is 304 g/mol. The number of nitrogens with zero attached hydrogens (tertiary/aromatic N) is 1. The Morgan fingerprint density at radius 1 is 1.33 bits per heavy atom. The third kappa shape index (κ3) is 5.28. The van der Waals surface area contributed by atoms with Gasteiger partial charge in [-0.05, 0) is 31.9 Å². The minimum Gasteiger partial charge on any atom is -0.461 e. The van der Waals surface area contributed by atoms with E-state index < -0.39 is 0 Å². The first kappa shape index (κ1) is 15.7. The number of esters is 1. The molecule has 4 nitrogen and oxygen atoms in total. The first-order valence-corrected chi connectivity index (χ1v) is 8.03. The van der Waals surface area contributed by atoms with Crippen LogP contribution in [0.15, 0.2) is 35.7 Å². The van der Waals surface area contributed by atoms with Crippen LogP contribution in [0.3, 0.4) is 0 Å². The zero-order valence-corrected chi connectivity index (χ0v) is 13.0. The molecule has 0 atom stereocenters. The number of ether oxygens (including phenoxy) is 1. The molecule has 1 N–H and O–H groups in total. The molecule has 5 heteroatoms. The van der Waals surface area contributed by atoms with Crippen LogP contribution >= 0.6 is 11.3 Å². The molecule has 0 aliphatic heterocycles. The summed E-state index contributed by atoms with van der Waals surface area (Å²) in [6, 6.07) is 10.5. The van der Waals surface area contributed by atoms with Gasteiger partial charge in [-0.3, -0.25) is 0 Å². The van der Waals surface area contributed by atoms with Crippen molar-refractivity contribution >= 4 is 17.3 Å². The molecule has 21 heavy (non-hydrogen) atoms. The van der Waals surface area contributed by atoms with Crippen LogP contribution in [0.2, 0.25) is 0 Å². The van der Waals surface area contributed by atoms with Crippen molar-refractivity contribution in [2.75, 3.05) is 13.2 Å². The highest BCUT2D eigenvalue weighted by Crippen LogP contribution is 2.11. The Hall–Kier alpha value is -1.72. The van der Waals surface area contributed by atoms with Gasteiger partial charge in [0.05, 0.1) is 12.3 Å². The van der Waals surface area contributed by atoms with Crippen LogP contribution in [0.25, 0.3) is 0 Å². The van der Waals surface area contributed by atoms with E-state index in [0.717, 1.165) is 25.1 Å². The Balaban J connectivity index is 1.66. The number of carbonyl (C=O) groups excluding carboxylic acids is 1. The van der Waals surface area contributed by atoms with Gasteiger partial charge in [0.1, 0.15) is 0 Å². The average Bonchev–Trinajstić information content (AvgIpc) is 2.97. The molecule has 1 aromatic carbocycles. The second kappa shape index (κ2) is 8.54. The Kier molecular flexibility index (Phi) is 6.37. The van der Waals surface area contributed by atoms with E-state index >= 15 is 0 Å². The summed E-state index contributed by atoms with van der Waals surface area (Å²) in [6.07, 6.45) is 2.15. The minimum atomic E-state index is -0.335. The van der Waals surface area contributed by atoms with E-state index in [0.29, 0.717) is 18.2 Å². The molecule has 112 valence electrons. The van der Waals surface area contributed by atoms with Gasteiger partial charge in [-0.15, -0.1) is 11.3 Å². The van der Waals surface area contributed by atoms with Gasteiger partial charge in [0.2, 0.25) is 5.01 Å². The Bertz CT molecular complexity index is 554. The molecule has 0 spiro atoms. The molecule has 1 aromatic heterocycles. The summed E-state index contributed by atoms with van der Waals surface area (Å²) in [5, 5.41) is 5.68. The molecular formula is C16H20N2O2S. The minimum absolute atomic E-state index is 0.335. The summed E-state index contributed by atoms with van der Waals surface area (Å²) in [5.41, 5.74) is 2.25. The predicted molar refractivity (Wildman–Crippen MR) is 84.5 cm³/mol. The van der Waals surface area contributed by atoms with Crippen molar-refractivity contribution in [1.29, 1.82) is 0 Å². The SMILES string of the molecule is CCOC(=O)c1nc(CNCCCc2ccccc2)cs1. The third-order valence-corrected chi connectivity index (χ3v) is 3.84. The number of aryl methyl sites for hydroxylation is 1.